The molecular formula is C20H20ClN3O2. The molecule has 6 heteroatoms. The van der Waals surface area contributed by atoms with Crippen LogP contribution in [0.4, 0.5) is 5.69 Å². The zero-order valence-corrected chi connectivity index (χ0v) is 15.5. The van der Waals surface area contributed by atoms with E-state index >= 15 is 0 Å². The van der Waals surface area contributed by atoms with Crippen LogP contribution in [0.3, 0.4) is 0 Å². The number of carbonyl (C=O) groups is 1. The Morgan fingerprint density at radius 3 is 2.62 bits per heavy atom. The molecule has 1 amide bonds. The highest BCUT2D eigenvalue weighted by Gasteiger charge is 2.10. The van der Waals surface area contributed by atoms with Crippen LogP contribution in [-0.4, -0.2) is 15.5 Å². The van der Waals surface area contributed by atoms with Crippen molar-refractivity contribution in [3.05, 3.63) is 69.2 Å². The first-order valence-electron chi connectivity index (χ1n) is 8.53. The molecule has 0 saturated heterocycles. The molecule has 1 heterocycles. The summed E-state index contributed by atoms with van der Waals surface area (Å²) in [4.78, 5) is 29.3. The molecule has 0 aliphatic rings. The first-order valence-corrected chi connectivity index (χ1v) is 8.91. The van der Waals surface area contributed by atoms with Gasteiger partial charge in [0.25, 0.3) is 5.56 Å². The van der Waals surface area contributed by atoms with Gasteiger partial charge in [-0.05, 0) is 49.2 Å². The van der Waals surface area contributed by atoms with Crippen LogP contribution in [-0.2, 0) is 11.3 Å². The molecule has 5 nitrogen and oxygen atoms in total. The molecule has 0 bridgehead atoms. The third-order valence-corrected chi connectivity index (χ3v) is 4.41. The van der Waals surface area contributed by atoms with Crippen molar-refractivity contribution in [1.29, 1.82) is 0 Å². The van der Waals surface area contributed by atoms with Crippen LogP contribution in [0.5, 0.6) is 0 Å². The second-order valence-corrected chi connectivity index (χ2v) is 6.64. The lowest BCUT2D eigenvalue weighted by Crippen LogP contribution is -2.24. The number of hydrogen-bond acceptors (Lipinski definition) is 3. The maximum Gasteiger partial charge on any atom is 0.261 e. The predicted octanol–water partition coefficient (Wildman–Crippen LogP) is 4.15. The van der Waals surface area contributed by atoms with Crippen molar-refractivity contribution in [2.75, 3.05) is 5.32 Å². The largest absolute Gasteiger partial charge is 0.326 e. The van der Waals surface area contributed by atoms with Gasteiger partial charge in [-0.1, -0.05) is 30.7 Å². The minimum absolute atomic E-state index is 0.0617. The van der Waals surface area contributed by atoms with Gasteiger partial charge in [0.05, 0.1) is 17.4 Å². The number of benzene rings is 2. The van der Waals surface area contributed by atoms with Gasteiger partial charge in [-0.25, -0.2) is 4.98 Å². The van der Waals surface area contributed by atoms with Gasteiger partial charge >= 0.3 is 0 Å². The summed E-state index contributed by atoms with van der Waals surface area (Å²) in [5.41, 5.74) is 2.06. The number of aryl methyl sites for hydroxylation is 1. The Morgan fingerprint density at radius 1 is 1.19 bits per heavy atom. The predicted molar refractivity (Wildman–Crippen MR) is 105 cm³/mol. The third-order valence-electron chi connectivity index (χ3n) is 4.16. The quantitative estimate of drug-likeness (QED) is 0.734. The smallest absolute Gasteiger partial charge is 0.261 e. The number of aromatic nitrogens is 2. The van der Waals surface area contributed by atoms with E-state index in [0.29, 0.717) is 40.4 Å². The van der Waals surface area contributed by atoms with Crippen molar-refractivity contribution >= 4 is 34.1 Å². The fourth-order valence-electron chi connectivity index (χ4n) is 2.82. The fourth-order valence-corrected chi connectivity index (χ4v) is 2.94. The molecule has 0 fully saturated rings. The Morgan fingerprint density at radius 2 is 1.92 bits per heavy atom. The molecule has 0 unspecified atom stereocenters. The lowest BCUT2D eigenvalue weighted by molar-refractivity contribution is -0.116. The molecule has 26 heavy (non-hydrogen) atoms. The van der Waals surface area contributed by atoms with E-state index in [9.17, 15) is 9.59 Å². The standard InChI is InChI=1S/C20H20ClN3O2/c1-3-4-19(25)23-16-9-10-18-17(11-16)20(26)24(13(2)22-18)12-14-5-7-15(21)8-6-14/h5-11H,3-4,12H2,1-2H3,(H,23,25). The van der Waals surface area contributed by atoms with Gasteiger partial charge in [0, 0.05) is 17.1 Å². The first kappa shape index (κ1) is 18.1. The number of nitrogens with one attached hydrogen (secondary N) is 1. The van der Waals surface area contributed by atoms with Gasteiger partial charge in [0.2, 0.25) is 5.91 Å². The Labute approximate surface area is 156 Å². The molecule has 3 rings (SSSR count). The summed E-state index contributed by atoms with van der Waals surface area (Å²) in [6.07, 6.45) is 1.22. The van der Waals surface area contributed by atoms with E-state index in [0.717, 1.165) is 12.0 Å². The topological polar surface area (TPSA) is 64.0 Å². The van der Waals surface area contributed by atoms with Gasteiger partial charge in [0.1, 0.15) is 5.82 Å². The molecule has 0 spiro atoms. The highest BCUT2D eigenvalue weighted by molar-refractivity contribution is 6.30. The van der Waals surface area contributed by atoms with Crippen LogP contribution in [0.15, 0.2) is 47.3 Å². The molecule has 1 N–H and O–H groups in total. The van der Waals surface area contributed by atoms with Gasteiger partial charge < -0.3 is 5.32 Å². The lowest BCUT2D eigenvalue weighted by Gasteiger charge is -2.12. The Kier molecular flexibility index (Phi) is 5.38. The van der Waals surface area contributed by atoms with Crippen molar-refractivity contribution in [3.8, 4) is 0 Å². The fraction of sp³-hybridized carbons (Fsp3) is 0.250. The highest BCUT2D eigenvalue weighted by atomic mass is 35.5. The SMILES string of the molecule is CCCC(=O)Nc1ccc2nc(C)n(Cc3ccc(Cl)cc3)c(=O)c2c1. The number of carbonyl (C=O) groups excluding carboxylic acids is 1. The second-order valence-electron chi connectivity index (χ2n) is 6.21. The number of hydrogen-bond donors (Lipinski definition) is 1. The maximum atomic E-state index is 13.0. The number of amides is 1. The van der Waals surface area contributed by atoms with E-state index < -0.39 is 0 Å². The number of halogens is 1. The summed E-state index contributed by atoms with van der Waals surface area (Å²) in [7, 11) is 0. The van der Waals surface area contributed by atoms with Gasteiger partial charge in [-0.3, -0.25) is 14.2 Å². The maximum absolute atomic E-state index is 13.0. The molecule has 0 saturated carbocycles. The van der Waals surface area contributed by atoms with E-state index in [2.05, 4.69) is 10.3 Å². The molecule has 0 aliphatic heterocycles. The molecule has 3 aromatic rings. The van der Waals surface area contributed by atoms with Crippen molar-refractivity contribution in [2.24, 2.45) is 0 Å². The second kappa shape index (κ2) is 7.70. The van der Waals surface area contributed by atoms with Crippen LogP contribution in [0.1, 0.15) is 31.2 Å². The monoisotopic (exact) mass is 369 g/mol. The highest BCUT2D eigenvalue weighted by Crippen LogP contribution is 2.17. The number of fused-ring (bicyclic) bond motifs is 1. The molecule has 0 radical (unpaired) electrons. The number of nitrogens with zero attached hydrogens (tertiary/aromatic N) is 2. The number of anilines is 1. The summed E-state index contributed by atoms with van der Waals surface area (Å²) in [5, 5.41) is 3.96. The summed E-state index contributed by atoms with van der Waals surface area (Å²) in [5.74, 6) is 0.577. The molecular weight excluding hydrogens is 350 g/mol. The van der Waals surface area contributed by atoms with Gasteiger partial charge in [-0.15, -0.1) is 0 Å². The number of rotatable bonds is 5. The molecule has 0 aliphatic carbocycles. The lowest BCUT2D eigenvalue weighted by atomic mass is 10.2. The van der Waals surface area contributed by atoms with E-state index in [1.165, 1.54) is 0 Å². The third kappa shape index (κ3) is 3.94. The summed E-state index contributed by atoms with van der Waals surface area (Å²) in [6.45, 7) is 4.17. The normalized spacial score (nSPS) is 10.9. The van der Waals surface area contributed by atoms with Crippen molar-refractivity contribution in [3.63, 3.8) is 0 Å². The Bertz CT molecular complexity index is 1010. The van der Waals surface area contributed by atoms with Crippen LogP contribution >= 0.6 is 11.6 Å². The molecule has 2 aromatic carbocycles. The average Bonchev–Trinajstić information content (AvgIpc) is 2.61. The Hall–Kier alpha value is -2.66. The van der Waals surface area contributed by atoms with Crippen molar-refractivity contribution in [2.45, 2.75) is 33.2 Å². The minimum atomic E-state index is -0.131. The molecule has 1 aromatic heterocycles. The van der Waals surface area contributed by atoms with E-state index in [1.54, 1.807) is 34.9 Å². The Balaban J connectivity index is 2.00. The minimum Gasteiger partial charge on any atom is -0.326 e. The van der Waals surface area contributed by atoms with Crippen LogP contribution in [0, 0.1) is 6.92 Å². The van der Waals surface area contributed by atoms with Gasteiger partial charge in [0.15, 0.2) is 0 Å². The summed E-state index contributed by atoms with van der Waals surface area (Å²) < 4.78 is 1.63. The van der Waals surface area contributed by atoms with Crippen LogP contribution in [0.25, 0.3) is 10.9 Å². The van der Waals surface area contributed by atoms with E-state index in [-0.39, 0.29) is 11.5 Å². The zero-order chi connectivity index (χ0) is 18.7. The van der Waals surface area contributed by atoms with Crippen LogP contribution < -0.4 is 10.9 Å². The van der Waals surface area contributed by atoms with Crippen molar-refractivity contribution < 1.29 is 4.79 Å². The average molecular weight is 370 g/mol. The zero-order valence-electron chi connectivity index (χ0n) is 14.8. The van der Waals surface area contributed by atoms with Gasteiger partial charge in [-0.2, -0.15) is 0 Å². The van der Waals surface area contributed by atoms with E-state index in [4.69, 9.17) is 11.6 Å². The summed E-state index contributed by atoms with van der Waals surface area (Å²) in [6, 6.07) is 12.6. The molecule has 134 valence electrons. The molecule has 0 atom stereocenters. The van der Waals surface area contributed by atoms with Crippen molar-refractivity contribution in [1.82, 2.24) is 9.55 Å². The van der Waals surface area contributed by atoms with E-state index in [1.807, 2.05) is 26.0 Å². The van der Waals surface area contributed by atoms with Crippen LogP contribution in [0.2, 0.25) is 5.02 Å². The first-order chi connectivity index (χ1) is 12.5. The summed E-state index contributed by atoms with van der Waals surface area (Å²) >= 11 is 5.92.